The molecule has 0 atom stereocenters. The summed E-state index contributed by atoms with van der Waals surface area (Å²) < 4.78 is 5.64. The molecule has 1 aromatic carbocycles. The van der Waals surface area contributed by atoms with Gasteiger partial charge in [-0.2, -0.15) is 0 Å². The van der Waals surface area contributed by atoms with Crippen LogP contribution >= 0.6 is 11.6 Å². The van der Waals surface area contributed by atoms with Crippen molar-refractivity contribution in [2.75, 3.05) is 39.1 Å². The van der Waals surface area contributed by atoms with Gasteiger partial charge in [0.05, 0.1) is 11.6 Å². The Hall–Kier alpha value is -1.95. The summed E-state index contributed by atoms with van der Waals surface area (Å²) >= 11 is 6.24. The summed E-state index contributed by atoms with van der Waals surface area (Å²) in [6.07, 6.45) is 1.32. The number of benzene rings is 1. The van der Waals surface area contributed by atoms with Crippen LogP contribution in [0.2, 0.25) is 5.02 Å². The maximum absolute atomic E-state index is 12.5. The van der Waals surface area contributed by atoms with Gasteiger partial charge in [-0.25, -0.2) is 4.79 Å². The van der Waals surface area contributed by atoms with Crippen LogP contribution in [0.4, 0.5) is 10.5 Å². The first kappa shape index (κ1) is 20.4. The maximum Gasteiger partial charge on any atom is 0.319 e. The average Bonchev–Trinajstić information content (AvgIpc) is 2.60. The van der Waals surface area contributed by atoms with E-state index in [2.05, 4.69) is 19.2 Å². The van der Waals surface area contributed by atoms with Gasteiger partial charge in [0.25, 0.3) is 0 Å². The number of nitrogens with one attached hydrogen (secondary N) is 1. The van der Waals surface area contributed by atoms with E-state index in [4.69, 9.17) is 16.3 Å². The number of ether oxygens (including phenoxy) is 1. The third-order valence-electron chi connectivity index (χ3n) is 4.29. The zero-order chi connectivity index (χ0) is 19.3. The molecule has 1 fully saturated rings. The van der Waals surface area contributed by atoms with Gasteiger partial charge in [0.15, 0.2) is 0 Å². The number of anilines is 1. The largest absolute Gasteiger partial charge is 0.492 e. The molecule has 1 aliphatic rings. The molecule has 0 saturated carbocycles. The van der Waals surface area contributed by atoms with Crippen LogP contribution in [-0.2, 0) is 4.79 Å². The smallest absolute Gasteiger partial charge is 0.319 e. The van der Waals surface area contributed by atoms with Crippen molar-refractivity contribution in [1.29, 1.82) is 0 Å². The van der Waals surface area contributed by atoms with Crippen molar-refractivity contribution in [3.05, 3.63) is 23.2 Å². The number of hydrogen-bond acceptors (Lipinski definition) is 3. The van der Waals surface area contributed by atoms with E-state index in [-0.39, 0.29) is 17.9 Å². The minimum absolute atomic E-state index is 0.00683. The lowest BCUT2D eigenvalue weighted by atomic mass is 9.96. The molecular weight excluding hydrogens is 354 g/mol. The van der Waals surface area contributed by atoms with E-state index in [0.29, 0.717) is 54.9 Å². The minimum atomic E-state index is -0.100. The molecule has 6 nitrogen and oxygen atoms in total. The summed E-state index contributed by atoms with van der Waals surface area (Å²) in [5, 5.41) is 3.40. The summed E-state index contributed by atoms with van der Waals surface area (Å²) in [6.45, 7) is 5.92. The summed E-state index contributed by atoms with van der Waals surface area (Å²) in [4.78, 5) is 27.8. The summed E-state index contributed by atoms with van der Waals surface area (Å²) in [6, 6.07) is 5.27. The monoisotopic (exact) mass is 381 g/mol. The summed E-state index contributed by atoms with van der Waals surface area (Å²) in [7, 11) is 3.47. The highest BCUT2D eigenvalue weighted by Crippen LogP contribution is 2.29. The molecule has 0 aromatic heterocycles. The van der Waals surface area contributed by atoms with Crippen molar-refractivity contribution in [2.45, 2.75) is 26.7 Å². The average molecular weight is 382 g/mol. The fraction of sp³-hybridized carbons (Fsp3) is 0.579. The van der Waals surface area contributed by atoms with Crippen molar-refractivity contribution >= 4 is 29.2 Å². The van der Waals surface area contributed by atoms with Gasteiger partial charge in [0.1, 0.15) is 5.75 Å². The van der Waals surface area contributed by atoms with Crippen molar-refractivity contribution in [3.63, 3.8) is 0 Å². The number of carbonyl (C=O) groups excluding carboxylic acids is 2. The molecule has 0 aliphatic carbocycles. The molecule has 1 N–H and O–H groups in total. The molecule has 0 radical (unpaired) electrons. The highest BCUT2D eigenvalue weighted by atomic mass is 35.5. The predicted octanol–water partition coefficient (Wildman–Crippen LogP) is 3.71. The fourth-order valence-electron chi connectivity index (χ4n) is 2.81. The number of likely N-dealkylation sites (tertiary alicyclic amines) is 1. The molecule has 7 heteroatoms. The number of nitrogens with zero attached hydrogens (tertiary/aromatic N) is 2. The van der Waals surface area contributed by atoms with Crippen molar-refractivity contribution in [3.8, 4) is 5.75 Å². The summed E-state index contributed by atoms with van der Waals surface area (Å²) in [5.74, 6) is 0.898. The number of carbonyl (C=O) groups is 2. The van der Waals surface area contributed by atoms with Crippen LogP contribution in [0.3, 0.4) is 0 Å². The highest BCUT2D eigenvalue weighted by Gasteiger charge is 2.28. The standard InChI is InChI=1S/C19H28ClN3O3/c1-13(2)12-26-17-6-5-15(11-16(17)20)21-18(24)14-7-9-23(10-8-14)19(25)22(3)4/h5-6,11,13-14H,7-10,12H2,1-4H3,(H,21,24). The van der Waals surface area contributed by atoms with Gasteiger partial charge in [-0.1, -0.05) is 25.4 Å². The Kier molecular flexibility index (Phi) is 7.14. The highest BCUT2D eigenvalue weighted by molar-refractivity contribution is 6.32. The Morgan fingerprint density at radius 1 is 1.31 bits per heavy atom. The van der Waals surface area contributed by atoms with Crippen LogP contribution in [0.1, 0.15) is 26.7 Å². The van der Waals surface area contributed by atoms with Gasteiger partial charge in [-0.3, -0.25) is 4.79 Å². The Morgan fingerprint density at radius 2 is 1.96 bits per heavy atom. The zero-order valence-electron chi connectivity index (χ0n) is 15.9. The molecule has 1 heterocycles. The predicted molar refractivity (Wildman–Crippen MR) is 104 cm³/mol. The molecule has 0 spiro atoms. The van der Waals surface area contributed by atoms with E-state index >= 15 is 0 Å². The first-order valence-electron chi connectivity index (χ1n) is 8.97. The lowest BCUT2D eigenvalue weighted by molar-refractivity contribution is -0.121. The zero-order valence-corrected chi connectivity index (χ0v) is 16.7. The van der Waals surface area contributed by atoms with Gasteiger partial charge in [0, 0.05) is 38.8 Å². The van der Waals surface area contributed by atoms with Crippen LogP contribution in [0.15, 0.2) is 18.2 Å². The van der Waals surface area contributed by atoms with Crippen molar-refractivity contribution < 1.29 is 14.3 Å². The molecule has 0 unspecified atom stereocenters. The number of halogens is 1. The number of amides is 3. The Balaban J connectivity index is 1.88. The maximum atomic E-state index is 12.5. The second-order valence-electron chi connectivity index (χ2n) is 7.28. The Bertz CT molecular complexity index is 641. The van der Waals surface area contributed by atoms with Crippen LogP contribution < -0.4 is 10.1 Å². The molecule has 26 heavy (non-hydrogen) atoms. The van der Waals surface area contributed by atoms with E-state index in [9.17, 15) is 9.59 Å². The molecule has 0 bridgehead atoms. The number of piperidine rings is 1. The third-order valence-corrected chi connectivity index (χ3v) is 4.59. The van der Waals surface area contributed by atoms with E-state index in [1.165, 1.54) is 0 Å². The lowest BCUT2D eigenvalue weighted by Crippen LogP contribution is -2.45. The molecule has 3 amide bonds. The second-order valence-corrected chi connectivity index (χ2v) is 7.68. The van der Waals surface area contributed by atoms with Crippen LogP contribution in [-0.4, -0.2) is 55.5 Å². The van der Waals surface area contributed by atoms with Crippen LogP contribution in [0.25, 0.3) is 0 Å². The van der Waals surface area contributed by atoms with E-state index < -0.39 is 0 Å². The third kappa shape index (κ3) is 5.53. The first-order chi connectivity index (χ1) is 12.3. The van der Waals surface area contributed by atoms with Crippen LogP contribution in [0, 0.1) is 11.8 Å². The van der Waals surface area contributed by atoms with E-state index in [1.54, 1.807) is 42.1 Å². The molecule has 2 rings (SSSR count). The Morgan fingerprint density at radius 3 is 2.50 bits per heavy atom. The van der Waals surface area contributed by atoms with Crippen LogP contribution in [0.5, 0.6) is 5.75 Å². The quantitative estimate of drug-likeness (QED) is 0.845. The topological polar surface area (TPSA) is 61.9 Å². The molecular formula is C19H28ClN3O3. The fourth-order valence-corrected chi connectivity index (χ4v) is 3.05. The molecule has 1 aliphatic heterocycles. The van der Waals surface area contributed by atoms with Gasteiger partial charge < -0.3 is 19.9 Å². The van der Waals surface area contributed by atoms with Crippen molar-refractivity contribution in [1.82, 2.24) is 9.80 Å². The molecule has 1 saturated heterocycles. The lowest BCUT2D eigenvalue weighted by Gasteiger charge is -2.33. The van der Waals surface area contributed by atoms with Crippen molar-refractivity contribution in [2.24, 2.45) is 11.8 Å². The molecule has 1 aromatic rings. The minimum Gasteiger partial charge on any atom is -0.492 e. The first-order valence-corrected chi connectivity index (χ1v) is 9.35. The molecule has 144 valence electrons. The number of rotatable bonds is 5. The van der Waals surface area contributed by atoms with Gasteiger partial charge in [0.2, 0.25) is 5.91 Å². The second kappa shape index (κ2) is 9.12. The van der Waals surface area contributed by atoms with Gasteiger partial charge in [-0.15, -0.1) is 0 Å². The Labute approximate surface area is 160 Å². The summed E-state index contributed by atoms with van der Waals surface area (Å²) in [5.41, 5.74) is 0.656. The van der Waals surface area contributed by atoms with E-state index in [1.807, 2.05) is 0 Å². The normalized spacial score (nSPS) is 15.1. The van der Waals surface area contributed by atoms with E-state index in [0.717, 1.165) is 0 Å². The van der Waals surface area contributed by atoms with Gasteiger partial charge >= 0.3 is 6.03 Å². The number of hydrogen-bond donors (Lipinski definition) is 1. The SMILES string of the molecule is CC(C)COc1ccc(NC(=O)C2CCN(C(=O)N(C)C)CC2)cc1Cl. The van der Waals surface area contributed by atoms with Gasteiger partial charge in [-0.05, 0) is 37.0 Å². The number of urea groups is 1.